The van der Waals surface area contributed by atoms with Gasteiger partial charge in [0.2, 0.25) is 5.91 Å². The number of amides is 1. The summed E-state index contributed by atoms with van der Waals surface area (Å²) >= 11 is 1.35. The summed E-state index contributed by atoms with van der Waals surface area (Å²) < 4.78 is 0. The normalized spacial score (nSPS) is 25.6. The number of hydrogen-bond acceptors (Lipinski definition) is 3. The molecule has 0 saturated carbocycles. The minimum Gasteiger partial charge on any atom is -0.480 e. The summed E-state index contributed by atoms with van der Waals surface area (Å²) in [4.78, 5) is 20.9. The van der Waals surface area contributed by atoms with E-state index in [1.807, 2.05) is 0 Å². The van der Waals surface area contributed by atoms with Gasteiger partial charge < -0.3 is 10.4 Å². The third-order valence-electron chi connectivity index (χ3n) is 1.15. The highest BCUT2D eigenvalue weighted by molar-refractivity contribution is 8.00. The number of carbonyl (C=O) groups excluding carboxylic acids is 1. The predicted octanol–water partition coefficient (Wildman–Crippen LogP) is -0.697. The molecule has 1 unspecified atom stereocenters. The maximum atomic E-state index is 10.6. The molecule has 1 atom stereocenters. The fraction of sp³-hybridized carbons (Fsp3) is 0.600. The van der Waals surface area contributed by atoms with Crippen LogP contribution in [-0.4, -0.2) is 34.5 Å². The summed E-state index contributed by atoms with van der Waals surface area (Å²) in [5, 5.41) is 10.8. The second-order valence-electron chi connectivity index (χ2n) is 1.97. The third-order valence-corrected chi connectivity index (χ3v) is 2.19. The number of carbonyl (C=O) groups is 2. The van der Waals surface area contributed by atoms with Crippen molar-refractivity contribution in [2.45, 2.75) is 6.04 Å². The average molecular weight is 161 g/mol. The van der Waals surface area contributed by atoms with Gasteiger partial charge in [-0.1, -0.05) is 0 Å². The van der Waals surface area contributed by atoms with Crippen molar-refractivity contribution in [3.05, 3.63) is 0 Å². The Balaban J connectivity index is 2.47. The van der Waals surface area contributed by atoms with Crippen molar-refractivity contribution in [1.29, 1.82) is 0 Å². The Morgan fingerprint density at radius 2 is 2.50 bits per heavy atom. The van der Waals surface area contributed by atoms with Gasteiger partial charge in [-0.25, -0.2) is 4.79 Å². The summed E-state index contributed by atoms with van der Waals surface area (Å²) in [7, 11) is 0. The second kappa shape index (κ2) is 2.92. The molecule has 1 rings (SSSR count). The standard InChI is InChI=1S/C5H7NO3S/c7-4-2-10-1-3(6-4)5(8)9/h3H,1-2H2,(H,6,7)(H,8,9). The van der Waals surface area contributed by atoms with Crippen LogP contribution in [-0.2, 0) is 9.59 Å². The molecule has 0 bridgehead atoms. The first kappa shape index (κ1) is 7.40. The van der Waals surface area contributed by atoms with Gasteiger partial charge in [0.1, 0.15) is 6.04 Å². The van der Waals surface area contributed by atoms with Gasteiger partial charge >= 0.3 is 5.97 Å². The molecular formula is C5H7NO3S. The molecule has 1 amide bonds. The lowest BCUT2D eigenvalue weighted by atomic mass is 10.3. The summed E-state index contributed by atoms with van der Waals surface area (Å²) in [6, 6.07) is -0.689. The lowest BCUT2D eigenvalue weighted by molar-refractivity contribution is -0.140. The molecule has 0 aromatic carbocycles. The molecule has 1 aliphatic rings. The zero-order valence-corrected chi connectivity index (χ0v) is 5.98. The van der Waals surface area contributed by atoms with Crippen molar-refractivity contribution >= 4 is 23.6 Å². The number of thioether (sulfide) groups is 1. The molecule has 0 spiro atoms. The Bertz CT molecular complexity index is 168. The second-order valence-corrected chi connectivity index (χ2v) is 3.00. The first-order valence-electron chi connectivity index (χ1n) is 2.80. The molecule has 1 fully saturated rings. The van der Waals surface area contributed by atoms with Crippen LogP contribution in [0.15, 0.2) is 0 Å². The van der Waals surface area contributed by atoms with Gasteiger partial charge in [0.05, 0.1) is 5.75 Å². The molecule has 0 aliphatic carbocycles. The fourth-order valence-corrected chi connectivity index (χ4v) is 1.53. The van der Waals surface area contributed by atoms with E-state index in [9.17, 15) is 9.59 Å². The lowest BCUT2D eigenvalue weighted by Crippen LogP contribution is -2.46. The van der Waals surface area contributed by atoms with Gasteiger partial charge in [-0.3, -0.25) is 4.79 Å². The van der Waals surface area contributed by atoms with Crippen molar-refractivity contribution in [3.63, 3.8) is 0 Å². The topological polar surface area (TPSA) is 66.4 Å². The summed E-state index contributed by atoms with van der Waals surface area (Å²) in [5.74, 6) is -0.297. The smallest absolute Gasteiger partial charge is 0.327 e. The van der Waals surface area contributed by atoms with Crippen LogP contribution in [0.3, 0.4) is 0 Å². The van der Waals surface area contributed by atoms with Crippen molar-refractivity contribution < 1.29 is 14.7 Å². The third kappa shape index (κ3) is 1.63. The molecule has 4 nitrogen and oxygen atoms in total. The zero-order chi connectivity index (χ0) is 7.56. The number of carboxylic acid groups (broad SMARTS) is 1. The largest absolute Gasteiger partial charge is 0.480 e. The number of rotatable bonds is 1. The SMILES string of the molecule is O=C1CSCC(C(=O)O)N1. The number of carboxylic acids is 1. The summed E-state index contributed by atoms with van der Waals surface area (Å²) in [5.41, 5.74) is 0. The lowest BCUT2D eigenvalue weighted by Gasteiger charge is -2.18. The van der Waals surface area contributed by atoms with Crippen LogP contribution in [0.2, 0.25) is 0 Å². The van der Waals surface area contributed by atoms with E-state index in [1.54, 1.807) is 0 Å². The number of nitrogens with one attached hydrogen (secondary N) is 1. The van der Waals surface area contributed by atoms with Crippen LogP contribution in [0.5, 0.6) is 0 Å². The van der Waals surface area contributed by atoms with E-state index in [0.717, 1.165) is 0 Å². The molecule has 2 N–H and O–H groups in total. The minimum absolute atomic E-state index is 0.191. The molecule has 1 saturated heterocycles. The van der Waals surface area contributed by atoms with Gasteiger partial charge in [0.25, 0.3) is 0 Å². The highest BCUT2D eigenvalue weighted by Gasteiger charge is 2.23. The molecule has 0 aromatic heterocycles. The van der Waals surface area contributed by atoms with Gasteiger partial charge in [0, 0.05) is 5.75 Å². The molecule has 56 valence electrons. The van der Waals surface area contributed by atoms with Crippen LogP contribution < -0.4 is 5.32 Å². The van der Waals surface area contributed by atoms with Crippen LogP contribution in [0.25, 0.3) is 0 Å². The fourth-order valence-electron chi connectivity index (χ4n) is 0.680. The minimum atomic E-state index is -0.958. The van der Waals surface area contributed by atoms with Crippen LogP contribution in [0.1, 0.15) is 0 Å². The highest BCUT2D eigenvalue weighted by atomic mass is 32.2. The first-order valence-corrected chi connectivity index (χ1v) is 3.95. The quantitative estimate of drug-likeness (QED) is 0.534. The van der Waals surface area contributed by atoms with E-state index in [0.29, 0.717) is 11.5 Å². The van der Waals surface area contributed by atoms with E-state index < -0.39 is 12.0 Å². The molecule has 1 aliphatic heterocycles. The Labute approximate surface area is 62.0 Å². The Hall–Kier alpha value is -0.710. The highest BCUT2D eigenvalue weighted by Crippen LogP contribution is 2.07. The average Bonchev–Trinajstić information content (AvgIpc) is 1.88. The van der Waals surface area contributed by atoms with Crippen molar-refractivity contribution in [3.8, 4) is 0 Å². The molecule has 5 heteroatoms. The molecule has 10 heavy (non-hydrogen) atoms. The van der Waals surface area contributed by atoms with E-state index in [4.69, 9.17) is 5.11 Å². The van der Waals surface area contributed by atoms with E-state index in [2.05, 4.69) is 5.32 Å². The number of hydrogen-bond donors (Lipinski definition) is 2. The molecule has 0 radical (unpaired) electrons. The summed E-state index contributed by atoms with van der Waals surface area (Å²) in [6.45, 7) is 0. The van der Waals surface area contributed by atoms with Crippen LogP contribution in [0, 0.1) is 0 Å². The molecule has 0 aromatic rings. The summed E-state index contributed by atoms with van der Waals surface area (Å²) in [6.07, 6.45) is 0. The first-order chi connectivity index (χ1) is 4.70. The van der Waals surface area contributed by atoms with Gasteiger partial charge in [-0.05, 0) is 0 Å². The maximum absolute atomic E-state index is 10.6. The van der Waals surface area contributed by atoms with E-state index >= 15 is 0 Å². The van der Waals surface area contributed by atoms with E-state index in [-0.39, 0.29) is 5.91 Å². The zero-order valence-electron chi connectivity index (χ0n) is 5.16. The Morgan fingerprint density at radius 3 is 2.90 bits per heavy atom. The predicted molar refractivity (Wildman–Crippen MR) is 36.9 cm³/mol. The van der Waals surface area contributed by atoms with Gasteiger partial charge in [-0.15, -0.1) is 11.8 Å². The van der Waals surface area contributed by atoms with Crippen LogP contribution in [0.4, 0.5) is 0 Å². The molecular weight excluding hydrogens is 154 g/mol. The van der Waals surface area contributed by atoms with Gasteiger partial charge in [-0.2, -0.15) is 0 Å². The van der Waals surface area contributed by atoms with Crippen molar-refractivity contribution in [2.75, 3.05) is 11.5 Å². The molecule has 1 heterocycles. The van der Waals surface area contributed by atoms with E-state index in [1.165, 1.54) is 11.8 Å². The van der Waals surface area contributed by atoms with Crippen molar-refractivity contribution in [1.82, 2.24) is 5.32 Å². The van der Waals surface area contributed by atoms with Crippen molar-refractivity contribution in [2.24, 2.45) is 0 Å². The Morgan fingerprint density at radius 1 is 1.80 bits per heavy atom. The maximum Gasteiger partial charge on any atom is 0.327 e. The number of aliphatic carboxylic acids is 1. The monoisotopic (exact) mass is 161 g/mol. The van der Waals surface area contributed by atoms with Crippen LogP contribution >= 0.6 is 11.8 Å². The Kier molecular flexibility index (Phi) is 2.16. The van der Waals surface area contributed by atoms with Gasteiger partial charge in [0.15, 0.2) is 0 Å².